The van der Waals surface area contributed by atoms with Crippen LogP contribution in [0.4, 0.5) is 11.4 Å². The number of benzene rings is 2. The molecule has 0 radical (unpaired) electrons. The fourth-order valence-electron chi connectivity index (χ4n) is 3.18. The van der Waals surface area contributed by atoms with Gasteiger partial charge in [0, 0.05) is 33.3 Å². The standard InChI is InChI=1S/C24H28N4O4S/c1-16-6-7-19(10-13-22-24(26-18(3)29)17(2)27-32-22)14-23(16)33(30,31)25-15-20-8-11-21(12-9-20)28(4)5/h6-14,25H,15H2,1-5H3,(H,26,29). The lowest BCUT2D eigenvalue weighted by atomic mass is 10.1. The second-order valence-corrected chi connectivity index (χ2v) is 9.67. The molecule has 0 bridgehead atoms. The van der Waals surface area contributed by atoms with Crippen LogP contribution in [0, 0.1) is 13.8 Å². The average Bonchev–Trinajstić information content (AvgIpc) is 3.10. The molecule has 3 rings (SSSR count). The van der Waals surface area contributed by atoms with Crippen LogP contribution < -0.4 is 14.9 Å². The number of carbonyl (C=O) groups excluding carboxylic acids is 1. The number of rotatable bonds is 8. The highest BCUT2D eigenvalue weighted by atomic mass is 32.2. The van der Waals surface area contributed by atoms with E-state index in [1.54, 1.807) is 38.1 Å². The van der Waals surface area contributed by atoms with Crippen LogP contribution in [0.3, 0.4) is 0 Å². The lowest BCUT2D eigenvalue weighted by Gasteiger charge is -2.13. The molecule has 2 aromatic carbocycles. The van der Waals surface area contributed by atoms with E-state index in [-0.39, 0.29) is 17.3 Å². The molecule has 2 N–H and O–H groups in total. The molecule has 0 saturated heterocycles. The zero-order valence-electron chi connectivity index (χ0n) is 19.3. The number of amides is 1. The molecule has 0 aliphatic heterocycles. The number of nitrogens with zero attached hydrogens (tertiary/aromatic N) is 2. The maximum atomic E-state index is 13.0. The van der Waals surface area contributed by atoms with Crippen molar-refractivity contribution in [2.45, 2.75) is 32.2 Å². The van der Waals surface area contributed by atoms with Crippen LogP contribution in [0.15, 0.2) is 51.9 Å². The Labute approximate surface area is 194 Å². The van der Waals surface area contributed by atoms with Gasteiger partial charge in [-0.2, -0.15) is 0 Å². The molecule has 0 atom stereocenters. The molecule has 0 aliphatic carbocycles. The van der Waals surface area contributed by atoms with Crippen LogP contribution in [0.1, 0.15) is 35.1 Å². The normalized spacial score (nSPS) is 11.7. The Morgan fingerprint density at radius 1 is 1.09 bits per heavy atom. The van der Waals surface area contributed by atoms with E-state index >= 15 is 0 Å². The van der Waals surface area contributed by atoms with Crippen LogP contribution in [0.5, 0.6) is 0 Å². The van der Waals surface area contributed by atoms with Crippen molar-refractivity contribution in [3.63, 3.8) is 0 Å². The maximum Gasteiger partial charge on any atom is 0.241 e. The van der Waals surface area contributed by atoms with Crippen molar-refractivity contribution >= 4 is 39.5 Å². The molecular weight excluding hydrogens is 440 g/mol. The van der Waals surface area contributed by atoms with Gasteiger partial charge < -0.3 is 14.7 Å². The summed E-state index contributed by atoms with van der Waals surface area (Å²) in [6.45, 7) is 5.07. The van der Waals surface area contributed by atoms with Gasteiger partial charge in [-0.15, -0.1) is 0 Å². The number of anilines is 2. The van der Waals surface area contributed by atoms with E-state index in [9.17, 15) is 13.2 Å². The van der Waals surface area contributed by atoms with Crippen LogP contribution in [0.2, 0.25) is 0 Å². The van der Waals surface area contributed by atoms with Gasteiger partial charge in [0.05, 0.1) is 4.90 Å². The number of hydrogen-bond donors (Lipinski definition) is 2. The molecule has 1 amide bonds. The van der Waals surface area contributed by atoms with Crippen LogP contribution in [-0.2, 0) is 21.4 Å². The van der Waals surface area contributed by atoms with Crippen LogP contribution >= 0.6 is 0 Å². The molecule has 33 heavy (non-hydrogen) atoms. The van der Waals surface area contributed by atoms with Crippen molar-refractivity contribution in [3.05, 3.63) is 70.6 Å². The maximum absolute atomic E-state index is 13.0. The van der Waals surface area contributed by atoms with Gasteiger partial charge >= 0.3 is 0 Å². The summed E-state index contributed by atoms with van der Waals surface area (Å²) in [5, 5.41) is 6.56. The van der Waals surface area contributed by atoms with Crippen molar-refractivity contribution in [2.24, 2.45) is 0 Å². The van der Waals surface area contributed by atoms with Crippen molar-refractivity contribution in [3.8, 4) is 0 Å². The number of sulfonamides is 1. The van der Waals surface area contributed by atoms with Crippen LogP contribution in [0.25, 0.3) is 12.2 Å². The van der Waals surface area contributed by atoms with Gasteiger partial charge in [0.25, 0.3) is 0 Å². The molecule has 8 nitrogen and oxygen atoms in total. The monoisotopic (exact) mass is 468 g/mol. The Balaban J connectivity index is 1.79. The fourth-order valence-corrected chi connectivity index (χ4v) is 4.47. The van der Waals surface area contributed by atoms with Gasteiger partial charge in [0.1, 0.15) is 11.4 Å². The third-order valence-corrected chi connectivity index (χ3v) is 6.58. The summed E-state index contributed by atoms with van der Waals surface area (Å²) >= 11 is 0. The first-order valence-electron chi connectivity index (χ1n) is 10.4. The predicted molar refractivity (Wildman–Crippen MR) is 130 cm³/mol. The zero-order chi connectivity index (χ0) is 24.2. The molecule has 3 aromatic rings. The highest BCUT2D eigenvalue weighted by molar-refractivity contribution is 7.89. The highest BCUT2D eigenvalue weighted by Gasteiger charge is 2.17. The largest absolute Gasteiger partial charge is 0.378 e. The summed E-state index contributed by atoms with van der Waals surface area (Å²) in [7, 11) is 0.173. The molecule has 174 valence electrons. The van der Waals surface area contributed by atoms with E-state index in [1.165, 1.54) is 6.92 Å². The number of carbonyl (C=O) groups is 1. The lowest BCUT2D eigenvalue weighted by Crippen LogP contribution is -2.24. The van der Waals surface area contributed by atoms with Crippen molar-refractivity contribution in [1.29, 1.82) is 0 Å². The fraction of sp³-hybridized carbons (Fsp3) is 0.250. The summed E-state index contributed by atoms with van der Waals surface area (Å²) in [6.07, 6.45) is 3.36. The Hall–Kier alpha value is -3.43. The minimum atomic E-state index is -3.73. The molecule has 0 fully saturated rings. The van der Waals surface area contributed by atoms with Gasteiger partial charge in [-0.3, -0.25) is 4.79 Å². The number of aryl methyl sites for hydroxylation is 2. The van der Waals surface area contributed by atoms with E-state index < -0.39 is 10.0 Å². The number of hydrogen-bond acceptors (Lipinski definition) is 6. The second-order valence-electron chi connectivity index (χ2n) is 7.93. The van der Waals surface area contributed by atoms with Gasteiger partial charge in [-0.25, -0.2) is 13.1 Å². The molecule has 0 spiro atoms. The van der Waals surface area contributed by atoms with Gasteiger partial charge in [-0.1, -0.05) is 35.5 Å². The Kier molecular flexibility index (Phi) is 7.35. The van der Waals surface area contributed by atoms with Crippen LogP contribution in [-0.4, -0.2) is 33.6 Å². The minimum absolute atomic E-state index is 0.187. The summed E-state index contributed by atoms with van der Waals surface area (Å²) in [4.78, 5) is 13.6. The van der Waals surface area contributed by atoms with Crippen molar-refractivity contribution in [1.82, 2.24) is 9.88 Å². The van der Waals surface area contributed by atoms with Crippen molar-refractivity contribution < 1.29 is 17.7 Å². The van der Waals surface area contributed by atoms with Gasteiger partial charge in [0.2, 0.25) is 15.9 Å². The third kappa shape index (κ3) is 6.09. The average molecular weight is 469 g/mol. The molecule has 0 unspecified atom stereocenters. The molecule has 0 saturated carbocycles. The second kappa shape index (κ2) is 10.0. The van der Waals surface area contributed by atoms with Crippen molar-refractivity contribution in [2.75, 3.05) is 24.3 Å². The Bertz CT molecular complexity index is 1280. The van der Waals surface area contributed by atoms with E-state index in [4.69, 9.17) is 4.52 Å². The van der Waals surface area contributed by atoms with Gasteiger partial charge in [0.15, 0.2) is 5.76 Å². The smallest absolute Gasteiger partial charge is 0.241 e. The Morgan fingerprint density at radius 3 is 2.42 bits per heavy atom. The SMILES string of the molecule is CC(=O)Nc1c(C)noc1C=Cc1ccc(C)c(S(=O)(=O)NCc2ccc(N(C)C)cc2)c1. The number of nitrogens with one attached hydrogen (secondary N) is 2. The number of aromatic nitrogens is 1. The molecule has 1 heterocycles. The molecule has 9 heteroatoms. The predicted octanol–water partition coefficient (Wildman–Crippen LogP) is 3.96. The zero-order valence-corrected chi connectivity index (χ0v) is 20.2. The third-order valence-electron chi connectivity index (χ3n) is 5.04. The minimum Gasteiger partial charge on any atom is -0.378 e. The first kappa shape index (κ1) is 24.2. The highest BCUT2D eigenvalue weighted by Crippen LogP contribution is 2.24. The summed E-state index contributed by atoms with van der Waals surface area (Å²) in [5.41, 5.74) is 4.25. The molecular formula is C24H28N4O4S. The Morgan fingerprint density at radius 2 is 1.79 bits per heavy atom. The molecule has 1 aromatic heterocycles. The van der Waals surface area contributed by atoms with Gasteiger partial charge in [-0.05, 0) is 54.8 Å². The van der Waals surface area contributed by atoms with E-state index in [2.05, 4.69) is 15.2 Å². The van der Waals surface area contributed by atoms with E-state index in [0.29, 0.717) is 28.3 Å². The molecule has 0 aliphatic rings. The topological polar surface area (TPSA) is 105 Å². The quantitative estimate of drug-likeness (QED) is 0.518. The first-order chi connectivity index (χ1) is 15.6. The summed E-state index contributed by atoms with van der Waals surface area (Å²) < 4.78 is 33.9. The van der Waals surface area contributed by atoms with E-state index in [0.717, 1.165) is 11.3 Å². The summed E-state index contributed by atoms with van der Waals surface area (Å²) in [6, 6.07) is 12.9. The van der Waals surface area contributed by atoms with E-state index in [1.807, 2.05) is 49.3 Å². The lowest BCUT2D eigenvalue weighted by molar-refractivity contribution is -0.114. The first-order valence-corrected chi connectivity index (χ1v) is 11.8. The summed E-state index contributed by atoms with van der Waals surface area (Å²) in [5.74, 6) is 0.147.